The summed E-state index contributed by atoms with van der Waals surface area (Å²) in [6.07, 6.45) is 4.77. The summed E-state index contributed by atoms with van der Waals surface area (Å²) in [6, 6.07) is 0. The van der Waals surface area contributed by atoms with Gasteiger partial charge in [0.25, 0.3) is 0 Å². The second-order valence-electron chi connectivity index (χ2n) is 5.87. The molecule has 0 amide bonds. The highest BCUT2D eigenvalue weighted by Gasteiger charge is 2.30. The summed E-state index contributed by atoms with van der Waals surface area (Å²) >= 11 is 0. The molecule has 2 unspecified atom stereocenters. The van der Waals surface area contributed by atoms with Crippen molar-refractivity contribution >= 4 is 10.2 Å². The van der Waals surface area contributed by atoms with Crippen LogP contribution >= 0.6 is 0 Å². The first-order valence-electron chi connectivity index (χ1n) is 6.84. The van der Waals surface area contributed by atoms with Crippen molar-refractivity contribution in [2.75, 3.05) is 0 Å². The van der Waals surface area contributed by atoms with Crippen molar-refractivity contribution in [2.24, 2.45) is 11.8 Å². The van der Waals surface area contributed by atoms with Crippen molar-refractivity contribution in [1.29, 1.82) is 0 Å². The van der Waals surface area contributed by atoms with E-state index in [2.05, 4.69) is 63.9 Å². The Morgan fingerprint density at radius 1 is 0.833 bits per heavy atom. The van der Waals surface area contributed by atoms with Gasteiger partial charge in [-0.25, -0.2) is 0 Å². The monoisotopic (exact) mass is 255 g/mol. The van der Waals surface area contributed by atoms with Gasteiger partial charge >= 0.3 is 0 Å². The maximum atomic E-state index is 4.02. The predicted molar refractivity (Wildman–Crippen MR) is 80.7 cm³/mol. The molecule has 0 aromatic carbocycles. The molecule has 1 heteroatoms. The highest BCUT2D eigenvalue weighted by atomic mass is 28.1. The number of hydrogen-bond acceptors (Lipinski definition) is 0. The molecule has 0 aliphatic heterocycles. The Morgan fingerprint density at radius 3 is 1.39 bits per heavy atom. The van der Waals surface area contributed by atoms with E-state index in [0.29, 0.717) is 17.4 Å². The summed E-state index contributed by atoms with van der Waals surface area (Å²) in [7, 11) is 4.02. The average molecular weight is 255 g/mol. The molecule has 18 heavy (non-hydrogen) atoms. The minimum absolute atomic E-state index is 0.386. The van der Waals surface area contributed by atoms with E-state index in [9.17, 15) is 0 Å². The average Bonchev–Trinajstić information content (AvgIpc) is 2.66. The third-order valence-electron chi connectivity index (χ3n) is 4.65. The van der Waals surface area contributed by atoms with Crippen LogP contribution in [0.5, 0.6) is 0 Å². The molecule has 0 aromatic rings. The second-order valence-corrected chi connectivity index (χ2v) is 6.45. The van der Waals surface area contributed by atoms with Crippen LogP contribution in [0.1, 0.15) is 41.5 Å². The fourth-order valence-electron chi connectivity index (χ4n) is 3.44. The number of rotatable bonds is 2. The highest BCUT2D eigenvalue weighted by molar-refractivity contribution is 6.16. The van der Waals surface area contributed by atoms with Gasteiger partial charge in [0.15, 0.2) is 0 Å². The first-order chi connectivity index (χ1) is 8.34. The largest absolute Gasteiger partial charge is 0.0744 e. The van der Waals surface area contributed by atoms with Crippen LogP contribution in [0, 0.1) is 11.8 Å². The zero-order valence-corrected chi connectivity index (χ0v) is 13.4. The molecule has 0 saturated carbocycles. The molecule has 3 radical (unpaired) electrons. The normalized spacial score (nSPS) is 29.9. The molecule has 2 aliphatic rings. The van der Waals surface area contributed by atoms with Crippen molar-refractivity contribution < 1.29 is 0 Å². The van der Waals surface area contributed by atoms with Crippen LogP contribution in [-0.4, -0.2) is 10.2 Å². The first-order valence-corrected chi connectivity index (χ1v) is 7.42. The van der Waals surface area contributed by atoms with Gasteiger partial charge in [0.1, 0.15) is 0 Å². The first kappa shape index (κ1) is 13.6. The molecule has 0 heterocycles. The van der Waals surface area contributed by atoms with Crippen LogP contribution in [0.15, 0.2) is 45.6 Å². The molecule has 0 saturated heterocycles. The summed E-state index contributed by atoms with van der Waals surface area (Å²) in [5.74, 6) is 1.11. The van der Waals surface area contributed by atoms with E-state index in [-0.39, 0.29) is 0 Å². The molecule has 0 fully saturated rings. The molecule has 95 valence electrons. The highest BCUT2D eigenvalue weighted by Crippen LogP contribution is 2.46. The van der Waals surface area contributed by atoms with Crippen molar-refractivity contribution in [3.05, 3.63) is 45.6 Å². The Kier molecular flexibility index (Phi) is 3.55. The zero-order valence-electron chi connectivity index (χ0n) is 12.4. The topological polar surface area (TPSA) is 0 Å². The van der Waals surface area contributed by atoms with Gasteiger partial charge in [0.05, 0.1) is 0 Å². The van der Waals surface area contributed by atoms with Crippen LogP contribution in [0.2, 0.25) is 5.54 Å². The van der Waals surface area contributed by atoms with E-state index in [0.717, 1.165) is 0 Å². The quantitative estimate of drug-likeness (QED) is 0.624. The van der Waals surface area contributed by atoms with E-state index in [1.807, 2.05) is 0 Å². The van der Waals surface area contributed by atoms with E-state index in [1.54, 1.807) is 11.1 Å². The lowest BCUT2D eigenvalue weighted by Gasteiger charge is -2.24. The van der Waals surface area contributed by atoms with Crippen molar-refractivity contribution in [1.82, 2.24) is 0 Å². The summed E-state index contributed by atoms with van der Waals surface area (Å²) in [6.45, 7) is 13.6. The third-order valence-corrected chi connectivity index (χ3v) is 5.27. The van der Waals surface area contributed by atoms with Gasteiger partial charge in [-0.3, -0.25) is 0 Å². The molecule has 0 bridgehead atoms. The lowest BCUT2D eigenvalue weighted by molar-refractivity contribution is 0.763. The third kappa shape index (κ3) is 1.99. The molecular formula is C17H23Si. The minimum Gasteiger partial charge on any atom is -0.0744 e. The summed E-state index contributed by atoms with van der Waals surface area (Å²) in [4.78, 5) is 0. The summed E-state index contributed by atoms with van der Waals surface area (Å²) in [5.41, 5.74) is 9.31. The minimum atomic E-state index is 0.386. The molecule has 2 aliphatic carbocycles. The maximum Gasteiger partial charge on any atom is 0.0388 e. The lowest BCUT2D eigenvalue weighted by Crippen LogP contribution is -2.10. The van der Waals surface area contributed by atoms with Crippen LogP contribution in [0.3, 0.4) is 0 Å². The Morgan fingerprint density at radius 2 is 1.17 bits per heavy atom. The Bertz CT molecular complexity index is 454. The van der Waals surface area contributed by atoms with E-state index in [4.69, 9.17) is 0 Å². The van der Waals surface area contributed by atoms with Crippen LogP contribution in [0.25, 0.3) is 0 Å². The van der Waals surface area contributed by atoms with Crippen LogP contribution < -0.4 is 0 Å². The van der Waals surface area contributed by atoms with Gasteiger partial charge in [0, 0.05) is 10.2 Å². The van der Waals surface area contributed by atoms with Gasteiger partial charge in [-0.1, -0.05) is 48.3 Å². The van der Waals surface area contributed by atoms with Gasteiger partial charge in [0.2, 0.25) is 0 Å². The molecular weight excluding hydrogens is 232 g/mol. The molecule has 0 nitrogen and oxygen atoms in total. The Hall–Kier alpha value is -0.823. The van der Waals surface area contributed by atoms with Gasteiger partial charge in [-0.2, -0.15) is 0 Å². The van der Waals surface area contributed by atoms with Crippen molar-refractivity contribution in [3.63, 3.8) is 0 Å². The zero-order chi connectivity index (χ0) is 13.6. The summed E-state index contributed by atoms with van der Waals surface area (Å²) < 4.78 is 0. The van der Waals surface area contributed by atoms with E-state index in [1.165, 1.54) is 22.3 Å². The van der Waals surface area contributed by atoms with E-state index >= 15 is 0 Å². The van der Waals surface area contributed by atoms with Gasteiger partial charge < -0.3 is 0 Å². The van der Waals surface area contributed by atoms with Gasteiger partial charge in [-0.15, -0.1) is 0 Å². The molecule has 2 atom stereocenters. The standard InChI is InChI=1S/C17H23Si/c1-9-7-11(3)15(13(9)5)17(18)16-12(4)8-10(2)14(16)6/h7-8,11-12,17H,1-6H3. The number of hydrogen-bond donors (Lipinski definition) is 0. The van der Waals surface area contributed by atoms with Crippen molar-refractivity contribution in [2.45, 2.75) is 47.1 Å². The fourth-order valence-corrected chi connectivity index (χ4v) is 4.40. The molecule has 0 spiro atoms. The van der Waals surface area contributed by atoms with E-state index < -0.39 is 0 Å². The maximum absolute atomic E-state index is 4.02. The van der Waals surface area contributed by atoms with Crippen molar-refractivity contribution in [3.8, 4) is 0 Å². The smallest absolute Gasteiger partial charge is 0.0388 e. The Balaban J connectivity index is 2.39. The SMILES string of the molecule is CC1=CC(C)C(C([Si])C2=C(C)C(C)=CC2C)=C1C. The molecule has 0 aromatic heterocycles. The molecule has 0 N–H and O–H groups in total. The Labute approximate surface area is 115 Å². The van der Waals surface area contributed by atoms with Crippen LogP contribution in [0.4, 0.5) is 0 Å². The summed E-state index contributed by atoms with van der Waals surface area (Å²) in [5, 5.41) is 0. The lowest BCUT2D eigenvalue weighted by atomic mass is 9.88. The molecule has 2 rings (SSSR count). The predicted octanol–water partition coefficient (Wildman–Crippen LogP) is 4.77. The van der Waals surface area contributed by atoms with Gasteiger partial charge in [-0.05, 0) is 56.2 Å². The number of allylic oxidation sites excluding steroid dienone is 8. The second kappa shape index (κ2) is 4.69. The fraction of sp³-hybridized carbons (Fsp3) is 0.529. The van der Waals surface area contributed by atoms with Crippen LogP contribution in [-0.2, 0) is 0 Å².